The first-order valence-electron chi connectivity index (χ1n) is 6.26. The molecule has 3 aromatic rings. The zero-order valence-corrected chi connectivity index (χ0v) is 11.8. The third-order valence-electron chi connectivity index (χ3n) is 2.79. The lowest BCUT2D eigenvalue weighted by atomic mass is 10.2. The summed E-state index contributed by atoms with van der Waals surface area (Å²) in [4.78, 5) is 8.41. The molecule has 0 amide bonds. The van der Waals surface area contributed by atoms with Crippen LogP contribution >= 0.6 is 11.8 Å². The van der Waals surface area contributed by atoms with Crippen LogP contribution in [-0.2, 0) is 5.75 Å². The molecule has 0 saturated carbocycles. The molecule has 0 aliphatic heterocycles. The first-order chi connectivity index (χ1) is 10.2. The number of nitrogens with zero attached hydrogens (tertiary/aromatic N) is 2. The molecule has 1 aromatic carbocycles. The van der Waals surface area contributed by atoms with Crippen molar-refractivity contribution in [2.75, 3.05) is 5.73 Å². The van der Waals surface area contributed by atoms with Gasteiger partial charge >= 0.3 is 0 Å². The minimum absolute atomic E-state index is 0.275. The zero-order chi connectivity index (χ0) is 14.7. The fourth-order valence-corrected chi connectivity index (χ4v) is 2.43. The van der Waals surface area contributed by atoms with Gasteiger partial charge in [0.25, 0.3) is 0 Å². The number of nitrogens with two attached hydrogens (primary N) is 1. The van der Waals surface area contributed by atoms with Crippen molar-refractivity contribution in [2.24, 2.45) is 0 Å². The molecule has 0 spiro atoms. The summed E-state index contributed by atoms with van der Waals surface area (Å²) in [6.07, 6.45) is 3.25. The molecule has 4 nitrogen and oxygen atoms in total. The van der Waals surface area contributed by atoms with Gasteiger partial charge in [0.15, 0.2) is 5.76 Å². The Morgan fingerprint density at radius 3 is 2.57 bits per heavy atom. The van der Waals surface area contributed by atoms with Crippen LogP contribution in [0.5, 0.6) is 0 Å². The lowest BCUT2D eigenvalue weighted by Gasteiger charge is -1.98. The van der Waals surface area contributed by atoms with Crippen molar-refractivity contribution in [1.29, 1.82) is 0 Å². The van der Waals surface area contributed by atoms with Crippen LogP contribution in [0.1, 0.15) is 5.89 Å². The fourth-order valence-electron chi connectivity index (χ4n) is 1.74. The van der Waals surface area contributed by atoms with Crippen LogP contribution in [0.15, 0.2) is 58.2 Å². The Hall–Kier alpha value is -2.34. The van der Waals surface area contributed by atoms with Gasteiger partial charge in [-0.1, -0.05) is 11.8 Å². The Labute approximate surface area is 125 Å². The number of oxazole rings is 1. The number of thioether (sulfide) groups is 1. The Kier molecular flexibility index (Phi) is 3.87. The maximum absolute atomic E-state index is 12.9. The average molecular weight is 301 g/mol. The molecule has 3 rings (SSSR count). The quantitative estimate of drug-likeness (QED) is 0.743. The molecule has 0 saturated heterocycles. The minimum atomic E-state index is -0.275. The number of halogens is 1. The molecule has 0 bridgehead atoms. The summed E-state index contributed by atoms with van der Waals surface area (Å²) in [6, 6.07) is 9.76. The van der Waals surface area contributed by atoms with Crippen molar-refractivity contribution >= 4 is 17.4 Å². The number of hydrogen-bond donors (Lipinski definition) is 1. The molecule has 21 heavy (non-hydrogen) atoms. The number of anilines is 1. The first kappa shape index (κ1) is 13.6. The normalized spacial score (nSPS) is 10.7. The number of aromatic nitrogens is 2. The van der Waals surface area contributed by atoms with E-state index < -0.39 is 0 Å². The van der Waals surface area contributed by atoms with E-state index in [1.807, 2.05) is 6.07 Å². The van der Waals surface area contributed by atoms with Gasteiger partial charge in [-0.05, 0) is 36.4 Å². The van der Waals surface area contributed by atoms with E-state index in [-0.39, 0.29) is 5.82 Å². The number of nitrogen functional groups attached to an aromatic ring is 1. The van der Waals surface area contributed by atoms with Gasteiger partial charge in [-0.3, -0.25) is 0 Å². The molecule has 2 N–H and O–H groups in total. The standard InChI is InChI=1S/C15H12FN3OS/c16-11-3-1-10(2-4-11)13-8-18-14(20-13)9-21-15-6-5-12(17)7-19-15/h1-8H,9,17H2. The van der Waals surface area contributed by atoms with Gasteiger partial charge in [-0.15, -0.1) is 0 Å². The van der Waals surface area contributed by atoms with Gasteiger partial charge in [0, 0.05) is 5.56 Å². The lowest BCUT2D eigenvalue weighted by molar-refractivity contribution is 0.529. The van der Waals surface area contributed by atoms with Crippen LogP contribution in [0.4, 0.5) is 10.1 Å². The van der Waals surface area contributed by atoms with Gasteiger partial charge in [0.1, 0.15) is 5.82 Å². The summed E-state index contributed by atoms with van der Waals surface area (Å²) < 4.78 is 18.5. The zero-order valence-electron chi connectivity index (χ0n) is 11.0. The third kappa shape index (κ3) is 3.41. The van der Waals surface area contributed by atoms with Gasteiger partial charge < -0.3 is 10.2 Å². The van der Waals surface area contributed by atoms with E-state index in [1.165, 1.54) is 23.9 Å². The van der Waals surface area contributed by atoms with Crippen molar-refractivity contribution in [2.45, 2.75) is 10.8 Å². The fraction of sp³-hybridized carbons (Fsp3) is 0.0667. The molecule has 0 aliphatic rings. The van der Waals surface area contributed by atoms with Gasteiger partial charge in [-0.2, -0.15) is 0 Å². The van der Waals surface area contributed by atoms with Gasteiger partial charge in [-0.25, -0.2) is 14.4 Å². The van der Waals surface area contributed by atoms with E-state index in [1.54, 1.807) is 30.6 Å². The van der Waals surface area contributed by atoms with Crippen LogP contribution in [0.25, 0.3) is 11.3 Å². The molecular formula is C15H12FN3OS. The van der Waals surface area contributed by atoms with Crippen molar-refractivity contribution in [3.05, 3.63) is 60.5 Å². The van der Waals surface area contributed by atoms with Crippen molar-refractivity contribution in [1.82, 2.24) is 9.97 Å². The predicted octanol–water partition coefficient (Wildman–Crippen LogP) is 3.75. The van der Waals surface area contributed by atoms with Crippen LogP contribution < -0.4 is 5.73 Å². The Morgan fingerprint density at radius 2 is 1.86 bits per heavy atom. The molecule has 2 heterocycles. The van der Waals surface area contributed by atoms with Crippen LogP contribution in [0.3, 0.4) is 0 Å². The topological polar surface area (TPSA) is 64.9 Å². The molecule has 0 unspecified atom stereocenters. The van der Waals surface area contributed by atoms with E-state index in [4.69, 9.17) is 10.2 Å². The molecule has 0 radical (unpaired) electrons. The number of rotatable bonds is 4. The predicted molar refractivity (Wildman–Crippen MR) is 80.1 cm³/mol. The molecule has 0 aliphatic carbocycles. The molecule has 2 aromatic heterocycles. The summed E-state index contributed by atoms with van der Waals surface area (Å²) in [5.41, 5.74) is 7.01. The molecular weight excluding hydrogens is 289 g/mol. The highest BCUT2D eigenvalue weighted by Gasteiger charge is 2.07. The largest absolute Gasteiger partial charge is 0.440 e. The van der Waals surface area contributed by atoms with Crippen LogP contribution in [-0.4, -0.2) is 9.97 Å². The smallest absolute Gasteiger partial charge is 0.205 e. The SMILES string of the molecule is Nc1ccc(SCc2ncc(-c3ccc(F)cc3)o2)nc1. The minimum Gasteiger partial charge on any atom is -0.440 e. The van der Waals surface area contributed by atoms with E-state index in [9.17, 15) is 4.39 Å². The summed E-state index contributed by atoms with van der Waals surface area (Å²) >= 11 is 1.51. The summed E-state index contributed by atoms with van der Waals surface area (Å²) in [5, 5.41) is 0.853. The monoisotopic (exact) mass is 301 g/mol. The molecule has 0 atom stereocenters. The van der Waals surface area contributed by atoms with Gasteiger partial charge in [0.05, 0.1) is 28.9 Å². The Morgan fingerprint density at radius 1 is 1.05 bits per heavy atom. The van der Waals surface area contributed by atoms with Crippen LogP contribution in [0, 0.1) is 5.82 Å². The second-order valence-corrected chi connectivity index (χ2v) is 5.34. The van der Waals surface area contributed by atoms with Gasteiger partial charge in [0.2, 0.25) is 5.89 Å². The number of hydrogen-bond acceptors (Lipinski definition) is 5. The first-order valence-corrected chi connectivity index (χ1v) is 7.24. The lowest BCUT2D eigenvalue weighted by Crippen LogP contribution is -1.87. The van der Waals surface area contributed by atoms with E-state index >= 15 is 0 Å². The maximum atomic E-state index is 12.9. The average Bonchev–Trinajstić information content (AvgIpc) is 2.96. The maximum Gasteiger partial charge on any atom is 0.205 e. The van der Waals surface area contributed by atoms with E-state index in [2.05, 4.69) is 9.97 Å². The van der Waals surface area contributed by atoms with Crippen molar-refractivity contribution < 1.29 is 8.81 Å². The van der Waals surface area contributed by atoms with Crippen molar-refractivity contribution in [3.63, 3.8) is 0 Å². The highest BCUT2D eigenvalue weighted by molar-refractivity contribution is 7.98. The van der Waals surface area contributed by atoms with Crippen molar-refractivity contribution in [3.8, 4) is 11.3 Å². The number of pyridine rings is 1. The molecule has 106 valence electrons. The van der Waals surface area contributed by atoms with Crippen LogP contribution in [0.2, 0.25) is 0 Å². The Balaban J connectivity index is 1.67. The number of benzene rings is 1. The summed E-state index contributed by atoms with van der Waals surface area (Å²) in [5.74, 6) is 1.51. The summed E-state index contributed by atoms with van der Waals surface area (Å²) in [6.45, 7) is 0. The molecule has 6 heteroatoms. The highest BCUT2D eigenvalue weighted by Crippen LogP contribution is 2.25. The Bertz CT molecular complexity index is 725. The van der Waals surface area contributed by atoms with E-state index in [0.29, 0.717) is 23.1 Å². The highest BCUT2D eigenvalue weighted by atomic mass is 32.2. The van der Waals surface area contributed by atoms with E-state index in [0.717, 1.165) is 10.6 Å². The second-order valence-electron chi connectivity index (χ2n) is 4.34. The summed E-state index contributed by atoms with van der Waals surface area (Å²) in [7, 11) is 0. The third-order valence-corrected chi connectivity index (χ3v) is 3.71. The second kappa shape index (κ2) is 5.97. The molecule has 0 fully saturated rings.